The van der Waals surface area contributed by atoms with E-state index in [0.717, 1.165) is 0 Å². The van der Waals surface area contributed by atoms with Crippen molar-refractivity contribution in [2.45, 2.75) is 11.5 Å². The molecular weight excluding hydrogens is 254 g/mol. The average Bonchev–Trinajstić information content (AvgIpc) is 2.06. The second kappa shape index (κ2) is 3.87. The number of nitrogens with zero attached hydrogens (tertiary/aromatic N) is 1. The van der Waals surface area contributed by atoms with Crippen LogP contribution in [0.4, 0.5) is 8.78 Å². The number of hydrogen-bond donors (Lipinski definition) is 2. The van der Waals surface area contributed by atoms with Gasteiger partial charge in [-0.1, -0.05) is 11.6 Å². The highest BCUT2D eigenvalue weighted by molar-refractivity contribution is 7.89. The molecule has 0 aliphatic carbocycles. The van der Waals surface area contributed by atoms with E-state index < -0.39 is 37.9 Å². The maximum Gasteiger partial charge on any atom is 0.280 e. The molecule has 0 unspecified atom stereocenters. The van der Waals surface area contributed by atoms with Crippen LogP contribution in [-0.4, -0.2) is 18.5 Å². The third-order valence-corrected chi connectivity index (χ3v) is 2.54. The Hall–Kier alpha value is -0.990. The van der Waals surface area contributed by atoms with Gasteiger partial charge < -0.3 is 5.11 Å². The number of nitrogens with two attached hydrogens (primary N) is 1. The first-order valence-corrected chi connectivity index (χ1v) is 5.36. The lowest BCUT2D eigenvalue weighted by Gasteiger charge is -2.06. The highest BCUT2D eigenvalue weighted by Gasteiger charge is 2.22. The zero-order valence-electron chi connectivity index (χ0n) is 6.99. The minimum Gasteiger partial charge on any atom is -0.504 e. The van der Waals surface area contributed by atoms with Crippen LogP contribution < -0.4 is 5.14 Å². The van der Waals surface area contributed by atoms with E-state index in [1.165, 1.54) is 0 Å². The molecule has 15 heavy (non-hydrogen) atoms. The first-order chi connectivity index (χ1) is 6.73. The SMILES string of the molecule is NS(=O)(=O)c1nc(C(F)F)cc(Cl)c1O. The maximum absolute atomic E-state index is 12.2. The van der Waals surface area contributed by atoms with Gasteiger partial charge in [0, 0.05) is 0 Å². The Bertz CT molecular complexity index is 491. The quantitative estimate of drug-likeness (QED) is 0.828. The summed E-state index contributed by atoms with van der Waals surface area (Å²) in [5, 5.41) is 12.2. The van der Waals surface area contributed by atoms with Crippen LogP contribution in [0.1, 0.15) is 12.1 Å². The number of rotatable bonds is 2. The molecule has 3 N–H and O–H groups in total. The second-order valence-corrected chi connectivity index (χ2v) is 4.41. The number of halogens is 3. The Morgan fingerprint density at radius 2 is 2.07 bits per heavy atom. The summed E-state index contributed by atoms with van der Waals surface area (Å²) in [5.74, 6) is -0.941. The minimum absolute atomic E-state index is 0.552. The fourth-order valence-corrected chi connectivity index (χ4v) is 1.68. The van der Waals surface area contributed by atoms with E-state index in [0.29, 0.717) is 6.07 Å². The Labute approximate surface area is 88.5 Å². The molecule has 1 aromatic rings. The molecule has 0 aromatic carbocycles. The van der Waals surface area contributed by atoms with E-state index >= 15 is 0 Å². The van der Waals surface area contributed by atoms with Gasteiger partial charge in [-0.2, -0.15) is 0 Å². The van der Waals surface area contributed by atoms with Gasteiger partial charge in [-0.25, -0.2) is 27.3 Å². The first kappa shape index (κ1) is 12.1. The number of sulfonamides is 1. The van der Waals surface area contributed by atoms with Crippen LogP contribution >= 0.6 is 11.6 Å². The van der Waals surface area contributed by atoms with Crippen molar-refractivity contribution < 1.29 is 22.3 Å². The largest absolute Gasteiger partial charge is 0.504 e. The lowest BCUT2D eigenvalue weighted by Crippen LogP contribution is -2.15. The fraction of sp³-hybridized carbons (Fsp3) is 0.167. The van der Waals surface area contributed by atoms with Gasteiger partial charge in [0.25, 0.3) is 16.4 Å². The van der Waals surface area contributed by atoms with Crippen molar-refractivity contribution in [1.29, 1.82) is 0 Å². The van der Waals surface area contributed by atoms with Crippen LogP contribution in [0.2, 0.25) is 5.02 Å². The van der Waals surface area contributed by atoms with Gasteiger partial charge in [0.1, 0.15) is 5.69 Å². The van der Waals surface area contributed by atoms with Gasteiger partial charge in [-0.15, -0.1) is 0 Å². The van der Waals surface area contributed by atoms with Crippen molar-refractivity contribution in [2.24, 2.45) is 5.14 Å². The lowest BCUT2D eigenvalue weighted by molar-refractivity contribution is 0.145. The summed E-state index contributed by atoms with van der Waals surface area (Å²) in [6.07, 6.45) is -3.01. The molecule has 0 aliphatic rings. The zero-order valence-corrected chi connectivity index (χ0v) is 8.56. The smallest absolute Gasteiger partial charge is 0.280 e. The van der Waals surface area contributed by atoms with E-state index in [4.69, 9.17) is 16.7 Å². The van der Waals surface area contributed by atoms with E-state index in [1.807, 2.05) is 0 Å². The van der Waals surface area contributed by atoms with Gasteiger partial charge >= 0.3 is 0 Å². The Morgan fingerprint density at radius 1 is 1.53 bits per heavy atom. The van der Waals surface area contributed by atoms with Crippen molar-refractivity contribution in [3.05, 3.63) is 16.8 Å². The number of primary sulfonamides is 1. The number of alkyl halides is 2. The van der Waals surface area contributed by atoms with E-state index in [1.54, 1.807) is 0 Å². The van der Waals surface area contributed by atoms with Crippen molar-refractivity contribution in [3.63, 3.8) is 0 Å². The summed E-state index contributed by atoms with van der Waals surface area (Å²) in [4.78, 5) is 3.01. The van der Waals surface area contributed by atoms with Crippen LogP contribution in [0.25, 0.3) is 0 Å². The average molecular weight is 259 g/mol. The highest BCUT2D eigenvalue weighted by atomic mass is 35.5. The molecule has 0 saturated carbocycles. The molecule has 1 rings (SSSR count). The molecular formula is C6H5ClF2N2O3S. The second-order valence-electron chi connectivity index (χ2n) is 2.53. The molecule has 0 radical (unpaired) electrons. The molecule has 5 nitrogen and oxygen atoms in total. The number of aromatic hydroxyl groups is 1. The van der Waals surface area contributed by atoms with E-state index in [-0.39, 0.29) is 0 Å². The third kappa shape index (κ3) is 2.52. The Morgan fingerprint density at radius 3 is 2.47 bits per heavy atom. The lowest BCUT2D eigenvalue weighted by atomic mass is 10.3. The van der Waals surface area contributed by atoms with Crippen molar-refractivity contribution in [3.8, 4) is 5.75 Å². The predicted octanol–water partition coefficient (Wildman–Crippen LogP) is 1.03. The van der Waals surface area contributed by atoms with Crippen molar-refractivity contribution >= 4 is 21.6 Å². The van der Waals surface area contributed by atoms with Crippen LogP contribution in [0, 0.1) is 0 Å². The summed E-state index contributed by atoms with van der Waals surface area (Å²) < 4.78 is 46.1. The topological polar surface area (TPSA) is 93.3 Å². The normalized spacial score (nSPS) is 12.1. The zero-order chi connectivity index (χ0) is 11.8. The molecule has 0 aliphatic heterocycles. The van der Waals surface area contributed by atoms with Gasteiger partial charge in [0.2, 0.25) is 5.03 Å². The monoisotopic (exact) mass is 258 g/mol. The van der Waals surface area contributed by atoms with Crippen LogP contribution in [0.15, 0.2) is 11.1 Å². The molecule has 1 aromatic heterocycles. The molecule has 84 valence electrons. The molecule has 9 heteroatoms. The number of aromatic nitrogens is 1. The molecule has 0 saturated heterocycles. The Kier molecular flexibility index (Phi) is 3.12. The summed E-state index contributed by atoms with van der Waals surface area (Å²) in [6, 6.07) is 0.663. The van der Waals surface area contributed by atoms with Crippen LogP contribution in [0.5, 0.6) is 5.75 Å². The molecule has 1 heterocycles. The minimum atomic E-state index is -4.39. The van der Waals surface area contributed by atoms with Crippen LogP contribution in [0.3, 0.4) is 0 Å². The van der Waals surface area contributed by atoms with E-state index in [9.17, 15) is 17.2 Å². The number of hydrogen-bond acceptors (Lipinski definition) is 4. The molecule has 0 amide bonds. The maximum atomic E-state index is 12.2. The predicted molar refractivity (Wildman–Crippen MR) is 47.2 cm³/mol. The van der Waals surface area contributed by atoms with E-state index in [2.05, 4.69) is 10.1 Å². The summed E-state index contributed by atoms with van der Waals surface area (Å²) in [6.45, 7) is 0. The summed E-state index contributed by atoms with van der Waals surface area (Å²) in [7, 11) is -4.39. The molecule has 0 fully saturated rings. The first-order valence-electron chi connectivity index (χ1n) is 3.44. The number of pyridine rings is 1. The molecule has 0 spiro atoms. The van der Waals surface area contributed by atoms with Crippen molar-refractivity contribution in [1.82, 2.24) is 4.98 Å². The standard InChI is InChI=1S/C6H5ClF2N2O3S/c7-2-1-3(5(8)9)11-6(4(2)12)15(10,13)14/h1,5,12H,(H2,10,13,14). The highest BCUT2D eigenvalue weighted by Crippen LogP contribution is 2.32. The Balaban J connectivity index is 3.52. The van der Waals surface area contributed by atoms with Gasteiger partial charge in [-0.3, -0.25) is 0 Å². The van der Waals surface area contributed by atoms with Crippen LogP contribution in [-0.2, 0) is 10.0 Å². The van der Waals surface area contributed by atoms with Gasteiger partial charge in [-0.05, 0) is 6.07 Å². The van der Waals surface area contributed by atoms with Gasteiger partial charge in [0.15, 0.2) is 5.75 Å². The summed E-state index contributed by atoms with van der Waals surface area (Å²) >= 11 is 5.33. The van der Waals surface area contributed by atoms with Crippen molar-refractivity contribution in [2.75, 3.05) is 0 Å². The third-order valence-electron chi connectivity index (χ3n) is 1.43. The summed E-state index contributed by atoms with van der Waals surface area (Å²) in [5.41, 5.74) is -0.873. The van der Waals surface area contributed by atoms with Gasteiger partial charge in [0.05, 0.1) is 5.02 Å². The fourth-order valence-electron chi connectivity index (χ4n) is 0.813. The molecule has 0 atom stereocenters. The molecule has 0 bridgehead atoms.